The standard InChI is InChI=1S/C8H11N3O4/c1-7(12)15-4-2-3-10-6-9-5-8(10)11(13)14/h5-6H,2-4H2,1H3. The van der Waals surface area contributed by atoms with E-state index in [2.05, 4.69) is 4.98 Å². The van der Waals surface area contributed by atoms with Crippen LogP contribution in [0.2, 0.25) is 0 Å². The Hall–Kier alpha value is -1.92. The van der Waals surface area contributed by atoms with Crippen molar-refractivity contribution >= 4 is 11.8 Å². The first kappa shape index (κ1) is 11.2. The molecule has 1 aromatic rings. The van der Waals surface area contributed by atoms with Crippen molar-refractivity contribution < 1.29 is 14.5 Å². The summed E-state index contributed by atoms with van der Waals surface area (Å²) in [5.41, 5.74) is 0. The smallest absolute Gasteiger partial charge is 0.342 e. The van der Waals surface area contributed by atoms with Gasteiger partial charge in [0.15, 0.2) is 6.33 Å². The first-order valence-electron chi connectivity index (χ1n) is 4.39. The van der Waals surface area contributed by atoms with Crippen molar-refractivity contribution in [1.82, 2.24) is 9.55 Å². The van der Waals surface area contributed by atoms with Gasteiger partial charge in [0.2, 0.25) is 0 Å². The minimum absolute atomic E-state index is 0.0576. The Labute approximate surface area is 85.8 Å². The van der Waals surface area contributed by atoms with E-state index in [4.69, 9.17) is 4.74 Å². The van der Waals surface area contributed by atoms with Crippen LogP contribution in [0.3, 0.4) is 0 Å². The Morgan fingerprint density at radius 3 is 3.07 bits per heavy atom. The van der Waals surface area contributed by atoms with E-state index in [1.165, 1.54) is 24.0 Å². The molecule has 0 fully saturated rings. The monoisotopic (exact) mass is 213 g/mol. The van der Waals surface area contributed by atoms with Crippen LogP contribution in [0, 0.1) is 10.1 Å². The summed E-state index contributed by atoms with van der Waals surface area (Å²) < 4.78 is 6.10. The van der Waals surface area contributed by atoms with E-state index in [-0.39, 0.29) is 18.4 Å². The van der Waals surface area contributed by atoms with Gasteiger partial charge in [0.25, 0.3) is 0 Å². The highest BCUT2D eigenvalue weighted by molar-refractivity contribution is 5.65. The van der Waals surface area contributed by atoms with Gasteiger partial charge in [-0.25, -0.2) is 9.55 Å². The minimum Gasteiger partial charge on any atom is -0.466 e. The van der Waals surface area contributed by atoms with Gasteiger partial charge in [0.05, 0.1) is 13.2 Å². The zero-order valence-electron chi connectivity index (χ0n) is 8.25. The molecule has 0 N–H and O–H groups in total. The lowest BCUT2D eigenvalue weighted by molar-refractivity contribution is -0.392. The van der Waals surface area contributed by atoms with Crippen molar-refractivity contribution in [3.8, 4) is 0 Å². The number of esters is 1. The van der Waals surface area contributed by atoms with Crippen LogP contribution in [0.1, 0.15) is 13.3 Å². The number of carbonyl (C=O) groups excluding carboxylic acids is 1. The molecule has 0 saturated heterocycles. The fourth-order valence-corrected chi connectivity index (χ4v) is 1.09. The third-order valence-corrected chi connectivity index (χ3v) is 1.73. The van der Waals surface area contributed by atoms with Crippen molar-refractivity contribution in [2.24, 2.45) is 0 Å². The molecule has 15 heavy (non-hydrogen) atoms. The summed E-state index contributed by atoms with van der Waals surface area (Å²) in [6.07, 6.45) is 3.09. The molecule has 0 amide bonds. The van der Waals surface area contributed by atoms with Crippen molar-refractivity contribution in [3.05, 3.63) is 22.6 Å². The zero-order chi connectivity index (χ0) is 11.3. The highest BCUT2D eigenvalue weighted by Gasteiger charge is 2.11. The van der Waals surface area contributed by atoms with Gasteiger partial charge in [-0.15, -0.1) is 0 Å². The summed E-state index contributed by atoms with van der Waals surface area (Å²) in [6.45, 7) is 1.98. The highest BCUT2D eigenvalue weighted by Crippen LogP contribution is 2.09. The molecule has 0 unspecified atom stereocenters. The lowest BCUT2D eigenvalue weighted by Gasteiger charge is -2.01. The SMILES string of the molecule is CC(=O)OCCCn1cncc1[N+](=O)[O-]. The average Bonchev–Trinajstić information content (AvgIpc) is 2.60. The Bertz CT molecular complexity index is 361. The number of aromatic nitrogens is 2. The largest absolute Gasteiger partial charge is 0.466 e. The summed E-state index contributed by atoms with van der Waals surface area (Å²) in [4.78, 5) is 24.1. The van der Waals surface area contributed by atoms with Gasteiger partial charge in [0.1, 0.15) is 6.20 Å². The molecule has 1 heterocycles. The van der Waals surface area contributed by atoms with Crippen LogP contribution in [0.15, 0.2) is 12.5 Å². The van der Waals surface area contributed by atoms with Gasteiger partial charge in [-0.2, -0.15) is 0 Å². The van der Waals surface area contributed by atoms with Crippen molar-refractivity contribution in [1.29, 1.82) is 0 Å². The molecular formula is C8H11N3O4. The molecule has 7 nitrogen and oxygen atoms in total. The molecule has 1 aromatic heterocycles. The number of carbonyl (C=O) groups is 1. The lowest BCUT2D eigenvalue weighted by Crippen LogP contribution is -2.06. The summed E-state index contributed by atoms with van der Waals surface area (Å²) in [7, 11) is 0. The highest BCUT2D eigenvalue weighted by atomic mass is 16.6. The topological polar surface area (TPSA) is 87.3 Å². The van der Waals surface area contributed by atoms with Crippen LogP contribution in [-0.4, -0.2) is 27.1 Å². The number of hydrogen-bond acceptors (Lipinski definition) is 5. The summed E-state index contributed by atoms with van der Waals surface area (Å²) in [6, 6.07) is 0. The van der Waals surface area contributed by atoms with Crippen LogP contribution in [0.4, 0.5) is 5.82 Å². The minimum atomic E-state index is -0.501. The van der Waals surface area contributed by atoms with Crippen LogP contribution in [0.25, 0.3) is 0 Å². The number of aryl methyl sites for hydroxylation is 1. The predicted molar refractivity (Wildman–Crippen MR) is 50.1 cm³/mol. The van der Waals surface area contributed by atoms with E-state index in [0.717, 1.165) is 0 Å². The molecule has 0 aliphatic heterocycles. The fourth-order valence-electron chi connectivity index (χ4n) is 1.09. The Morgan fingerprint density at radius 1 is 1.73 bits per heavy atom. The number of nitrogens with zero attached hydrogens (tertiary/aromatic N) is 3. The fraction of sp³-hybridized carbons (Fsp3) is 0.500. The molecule has 0 radical (unpaired) electrons. The molecule has 0 aliphatic rings. The van der Waals surface area contributed by atoms with E-state index >= 15 is 0 Å². The van der Waals surface area contributed by atoms with Crippen LogP contribution >= 0.6 is 0 Å². The molecule has 0 saturated carbocycles. The number of imidazole rings is 1. The third-order valence-electron chi connectivity index (χ3n) is 1.73. The molecule has 82 valence electrons. The van der Waals surface area contributed by atoms with Crippen LogP contribution in [0.5, 0.6) is 0 Å². The van der Waals surface area contributed by atoms with Crippen molar-refractivity contribution in [3.63, 3.8) is 0 Å². The van der Waals surface area contributed by atoms with Gasteiger partial charge < -0.3 is 14.9 Å². The second-order valence-electron chi connectivity index (χ2n) is 2.90. The average molecular weight is 213 g/mol. The maximum atomic E-state index is 10.5. The number of rotatable bonds is 5. The Morgan fingerprint density at radius 2 is 2.47 bits per heavy atom. The quantitative estimate of drug-likeness (QED) is 0.311. The van der Waals surface area contributed by atoms with Crippen LogP contribution in [-0.2, 0) is 16.1 Å². The molecule has 7 heteroatoms. The van der Waals surface area contributed by atoms with Crippen molar-refractivity contribution in [2.45, 2.75) is 19.9 Å². The van der Waals surface area contributed by atoms with Crippen LogP contribution < -0.4 is 0 Å². The van der Waals surface area contributed by atoms with Gasteiger partial charge in [0, 0.05) is 13.3 Å². The van der Waals surface area contributed by atoms with E-state index < -0.39 is 4.92 Å². The molecule has 0 aromatic carbocycles. The second kappa shape index (κ2) is 5.08. The maximum Gasteiger partial charge on any atom is 0.342 e. The first-order valence-corrected chi connectivity index (χ1v) is 4.39. The molecule has 1 rings (SSSR count). The molecule has 0 bridgehead atoms. The Balaban J connectivity index is 2.40. The predicted octanol–water partition coefficient (Wildman–Crippen LogP) is 0.744. The Kier molecular flexibility index (Phi) is 3.78. The number of hydrogen-bond donors (Lipinski definition) is 0. The van der Waals surface area contributed by atoms with E-state index in [0.29, 0.717) is 13.0 Å². The maximum absolute atomic E-state index is 10.5. The van der Waals surface area contributed by atoms with Gasteiger partial charge in [-0.05, 0) is 4.92 Å². The molecule has 0 spiro atoms. The van der Waals surface area contributed by atoms with E-state index in [1.807, 2.05) is 0 Å². The van der Waals surface area contributed by atoms with Gasteiger partial charge >= 0.3 is 11.8 Å². The van der Waals surface area contributed by atoms with Gasteiger partial charge in [-0.3, -0.25) is 4.79 Å². The molecule has 0 atom stereocenters. The van der Waals surface area contributed by atoms with Gasteiger partial charge in [-0.1, -0.05) is 0 Å². The molecule has 0 aliphatic carbocycles. The number of ether oxygens (including phenoxy) is 1. The normalized spacial score (nSPS) is 9.93. The van der Waals surface area contributed by atoms with E-state index in [1.54, 1.807) is 0 Å². The lowest BCUT2D eigenvalue weighted by atomic mass is 10.4. The zero-order valence-corrected chi connectivity index (χ0v) is 8.25. The summed E-state index contributed by atoms with van der Waals surface area (Å²) in [5.74, 6) is -0.409. The summed E-state index contributed by atoms with van der Waals surface area (Å²) >= 11 is 0. The first-order chi connectivity index (χ1) is 7.11. The second-order valence-corrected chi connectivity index (χ2v) is 2.90. The molecular weight excluding hydrogens is 202 g/mol. The summed E-state index contributed by atoms with van der Waals surface area (Å²) in [5, 5.41) is 10.5. The van der Waals surface area contributed by atoms with Crippen molar-refractivity contribution in [2.75, 3.05) is 6.61 Å². The number of nitro groups is 1. The van der Waals surface area contributed by atoms with E-state index in [9.17, 15) is 14.9 Å². The third kappa shape index (κ3) is 3.37.